The number of hydrogen-bond acceptors (Lipinski definition) is 4. The van der Waals surface area contributed by atoms with Gasteiger partial charge in [0, 0.05) is 12.2 Å². The molecule has 0 spiro atoms. The molecule has 2 heterocycles. The highest BCUT2D eigenvalue weighted by atomic mass is 16.5. The molecule has 1 aromatic rings. The van der Waals surface area contributed by atoms with Crippen LogP contribution >= 0.6 is 0 Å². The fourth-order valence-electron chi connectivity index (χ4n) is 2.97. The molecule has 2 aliphatic rings. The number of ether oxygens (including phenoxy) is 1. The molecule has 23 heavy (non-hydrogen) atoms. The van der Waals surface area contributed by atoms with Crippen molar-refractivity contribution in [2.24, 2.45) is 0 Å². The topological polar surface area (TPSA) is 79.0 Å². The van der Waals surface area contributed by atoms with Gasteiger partial charge in [-0.05, 0) is 44.0 Å². The van der Waals surface area contributed by atoms with Gasteiger partial charge in [-0.2, -0.15) is 0 Å². The molecule has 2 aliphatic heterocycles. The highest BCUT2D eigenvalue weighted by Crippen LogP contribution is 2.27. The van der Waals surface area contributed by atoms with Gasteiger partial charge in [-0.1, -0.05) is 0 Å². The molecule has 0 saturated carbocycles. The van der Waals surface area contributed by atoms with Crippen molar-refractivity contribution in [3.05, 3.63) is 24.3 Å². The first-order valence-corrected chi connectivity index (χ1v) is 7.75. The van der Waals surface area contributed by atoms with E-state index in [9.17, 15) is 14.4 Å². The number of fused-ring (bicyclic) bond motifs is 1. The number of imide groups is 1. The Balaban J connectivity index is 1.59. The largest absolute Gasteiger partial charge is 0.494 e. The first-order chi connectivity index (χ1) is 11.1. The van der Waals surface area contributed by atoms with E-state index >= 15 is 0 Å². The zero-order chi connectivity index (χ0) is 16.4. The van der Waals surface area contributed by atoms with E-state index in [2.05, 4.69) is 5.32 Å². The number of hydrogen-bond donors (Lipinski definition) is 1. The summed E-state index contributed by atoms with van der Waals surface area (Å²) >= 11 is 0. The zero-order valence-corrected chi connectivity index (χ0v) is 12.9. The van der Waals surface area contributed by atoms with Gasteiger partial charge in [-0.25, -0.2) is 4.79 Å². The fraction of sp³-hybridized carbons (Fsp3) is 0.438. The normalized spacial score (nSPS) is 20.0. The minimum atomic E-state index is -0.392. The Bertz CT molecular complexity index is 607. The maximum atomic E-state index is 12.2. The second kappa shape index (κ2) is 6.28. The number of benzene rings is 1. The minimum absolute atomic E-state index is 0.252. The molecule has 1 N–H and O–H groups in total. The highest BCUT2D eigenvalue weighted by molar-refractivity contribution is 6.08. The Morgan fingerprint density at radius 3 is 2.70 bits per heavy atom. The van der Waals surface area contributed by atoms with Gasteiger partial charge in [0.1, 0.15) is 18.3 Å². The van der Waals surface area contributed by atoms with Crippen molar-refractivity contribution in [2.45, 2.75) is 25.8 Å². The van der Waals surface area contributed by atoms with Crippen LogP contribution in [0.5, 0.6) is 5.75 Å². The summed E-state index contributed by atoms with van der Waals surface area (Å²) in [7, 11) is 0. The number of anilines is 1. The summed E-state index contributed by atoms with van der Waals surface area (Å²) in [6.45, 7) is 2.80. The van der Waals surface area contributed by atoms with Crippen LogP contribution in [0, 0.1) is 0 Å². The molecule has 1 aromatic carbocycles. The van der Waals surface area contributed by atoms with Gasteiger partial charge in [-0.3, -0.25) is 14.5 Å². The second-order valence-corrected chi connectivity index (χ2v) is 5.56. The van der Waals surface area contributed by atoms with Crippen LogP contribution in [0.2, 0.25) is 0 Å². The molecule has 0 unspecified atom stereocenters. The molecule has 1 atom stereocenters. The summed E-state index contributed by atoms with van der Waals surface area (Å²) < 4.78 is 5.33. The number of carbonyl (C=O) groups is 3. The van der Waals surface area contributed by atoms with E-state index in [1.807, 2.05) is 6.92 Å². The molecule has 0 bridgehead atoms. The molecule has 0 radical (unpaired) electrons. The van der Waals surface area contributed by atoms with Crippen LogP contribution in [0.1, 0.15) is 19.8 Å². The standard InChI is InChI=1S/C16H19N3O4/c1-2-23-12-7-5-11(6-8-12)17-14(20)10-19-15(21)13-4-3-9-18(13)16(19)22/h5-8,13H,2-4,9-10H2,1H3,(H,17,20)/t13-/m1/s1. The van der Waals surface area contributed by atoms with Crippen LogP contribution < -0.4 is 10.1 Å². The molecular formula is C16H19N3O4. The lowest BCUT2D eigenvalue weighted by Gasteiger charge is -2.15. The third-order valence-corrected chi connectivity index (χ3v) is 4.03. The number of rotatable bonds is 5. The summed E-state index contributed by atoms with van der Waals surface area (Å²) in [6.07, 6.45) is 1.52. The predicted octanol–water partition coefficient (Wildman–Crippen LogP) is 1.45. The van der Waals surface area contributed by atoms with Crippen molar-refractivity contribution in [3.63, 3.8) is 0 Å². The third-order valence-electron chi connectivity index (χ3n) is 4.03. The van der Waals surface area contributed by atoms with Gasteiger partial charge in [0.25, 0.3) is 5.91 Å². The number of urea groups is 1. The van der Waals surface area contributed by atoms with E-state index < -0.39 is 5.91 Å². The van der Waals surface area contributed by atoms with Gasteiger partial charge in [-0.15, -0.1) is 0 Å². The Kier molecular flexibility index (Phi) is 4.18. The highest BCUT2D eigenvalue weighted by Gasteiger charge is 2.47. The molecular weight excluding hydrogens is 298 g/mol. The number of amides is 4. The summed E-state index contributed by atoms with van der Waals surface area (Å²) in [4.78, 5) is 39.0. The van der Waals surface area contributed by atoms with Crippen LogP contribution in [-0.4, -0.2) is 53.4 Å². The molecule has 122 valence electrons. The number of carbonyl (C=O) groups excluding carboxylic acids is 3. The first kappa shape index (κ1) is 15.3. The SMILES string of the molecule is CCOc1ccc(NC(=O)CN2C(=O)[C@H]3CCCN3C2=O)cc1. The van der Waals surface area contributed by atoms with E-state index in [-0.39, 0.29) is 24.5 Å². The lowest BCUT2D eigenvalue weighted by Crippen LogP contribution is -2.39. The molecule has 2 saturated heterocycles. The fourth-order valence-corrected chi connectivity index (χ4v) is 2.97. The average Bonchev–Trinajstić information content (AvgIpc) is 3.10. The van der Waals surface area contributed by atoms with Crippen molar-refractivity contribution in [1.82, 2.24) is 9.80 Å². The first-order valence-electron chi connectivity index (χ1n) is 7.75. The van der Waals surface area contributed by atoms with Gasteiger partial charge in [0.05, 0.1) is 6.61 Å². The molecule has 7 heteroatoms. The molecule has 0 aromatic heterocycles. The zero-order valence-electron chi connectivity index (χ0n) is 12.9. The van der Waals surface area contributed by atoms with Gasteiger partial charge < -0.3 is 15.0 Å². The lowest BCUT2D eigenvalue weighted by molar-refractivity contribution is -0.131. The summed E-state index contributed by atoms with van der Waals surface area (Å²) in [5.74, 6) is 0.0578. The molecule has 0 aliphatic carbocycles. The van der Waals surface area contributed by atoms with Crippen molar-refractivity contribution >= 4 is 23.5 Å². The van der Waals surface area contributed by atoms with Crippen molar-refractivity contribution in [2.75, 3.05) is 25.0 Å². The van der Waals surface area contributed by atoms with Crippen LogP contribution in [0.15, 0.2) is 24.3 Å². The van der Waals surface area contributed by atoms with Crippen molar-refractivity contribution in [1.29, 1.82) is 0 Å². The van der Waals surface area contributed by atoms with Gasteiger partial charge in [0.2, 0.25) is 5.91 Å². The van der Waals surface area contributed by atoms with Crippen molar-refractivity contribution in [3.8, 4) is 5.75 Å². The second-order valence-electron chi connectivity index (χ2n) is 5.56. The smallest absolute Gasteiger partial charge is 0.327 e. The molecule has 2 fully saturated rings. The van der Waals surface area contributed by atoms with Crippen LogP contribution in [-0.2, 0) is 9.59 Å². The summed E-state index contributed by atoms with van der Waals surface area (Å²) in [5.41, 5.74) is 0.595. The Labute approximate surface area is 134 Å². The third kappa shape index (κ3) is 2.99. The Hall–Kier alpha value is -2.57. The van der Waals surface area contributed by atoms with Crippen LogP contribution in [0.25, 0.3) is 0 Å². The minimum Gasteiger partial charge on any atom is -0.494 e. The van der Waals surface area contributed by atoms with E-state index in [4.69, 9.17) is 4.74 Å². The number of nitrogens with zero attached hydrogens (tertiary/aromatic N) is 2. The Morgan fingerprint density at radius 2 is 2.04 bits per heavy atom. The van der Waals surface area contributed by atoms with E-state index in [0.29, 0.717) is 25.3 Å². The van der Waals surface area contributed by atoms with Gasteiger partial charge in [0.15, 0.2) is 0 Å². The number of nitrogens with one attached hydrogen (secondary N) is 1. The summed E-state index contributed by atoms with van der Waals surface area (Å²) in [5, 5.41) is 2.69. The van der Waals surface area contributed by atoms with Crippen LogP contribution in [0.4, 0.5) is 10.5 Å². The maximum absolute atomic E-state index is 12.2. The molecule has 3 rings (SSSR count). The molecule has 7 nitrogen and oxygen atoms in total. The average molecular weight is 317 g/mol. The van der Waals surface area contributed by atoms with E-state index in [0.717, 1.165) is 17.1 Å². The maximum Gasteiger partial charge on any atom is 0.327 e. The molecule has 4 amide bonds. The summed E-state index contributed by atoms with van der Waals surface area (Å²) in [6, 6.07) is 6.20. The Morgan fingerprint density at radius 1 is 1.30 bits per heavy atom. The van der Waals surface area contributed by atoms with Crippen LogP contribution in [0.3, 0.4) is 0 Å². The van der Waals surface area contributed by atoms with E-state index in [1.54, 1.807) is 29.2 Å². The van der Waals surface area contributed by atoms with E-state index in [1.165, 1.54) is 0 Å². The predicted molar refractivity (Wildman–Crippen MR) is 83.1 cm³/mol. The van der Waals surface area contributed by atoms with Gasteiger partial charge >= 0.3 is 6.03 Å². The monoisotopic (exact) mass is 317 g/mol. The quantitative estimate of drug-likeness (QED) is 0.834. The lowest BCUT2D eigenvalue weighted by atomic mass is 10.2. The van der Waals surface area contributed by atoms with Crippen molar-refractivity contribution < 1.29 is 19.1 Å².